The molecule has 5 aromatic carbocycles. The molecule has 0 amide bonds. The molecule has 8 heteroatoms. The van der Waals surface area contributed by atoms with Crippen LogP contribution in [-0.4, -0.2) is 52.0 Å². The molecule has 4 atom stereocenters. The lowest BCUT2D eigenvalue weighted by molar-refractivity contribution is -0.222. The van der Waals surface area contributed by atoms with Gasteiger partial charge in [-0.15, -0.1) is 0 Å². The number of benzene rings is 5. The number of Topliss-reactive ketones (excluding diaryl/α,β-unsaturated/α-hetero) is 1. The minimum Gasteiger partial charge on any atom is -0.496 e. The highest BCUT2D eigenvalue weighted by atomic mass is 16.6. The number of carbonyl (C=O) groups is 1. The summed E-state index contributed by atoms with van der Waals surface area (Å²) >= 11 is 0. The van der Waals surface area contributed by atoms with Crippen LogP contribution in [0, 0.1) is 0 Å². The number of methoxy groups -OCH3 is 3. The van der Waals surface area contributed by atoms with Gasteiger partial charge in [-0.1, -0.05) is 97.1 Å². The van der Waals surface area contributed by atoms with Gasteiger partial charge in [-0.25, -0.2) is 0 Å². The first kappa shape index (κ1) is 35.1. The van der Waals surface area contributed by atoms with Crippen LogP contribution in [0.5, 0.6) is 17.2 Å². The molecule has 8 nitrogen and oxygen atoms in total. The molecule has 0 bridgehead atoms. The van der Waals surface area contributed by atoms with E-state index in [-0.39, 0.29) is 18.5 Å². The number of hydrogen-bond donors (Lipinski definition) is 0. The molecule has 0 saturated carbocycles. The van der Waals surface area contributed by atoms with E-state index in [0.29, 0.717) is 54.4 Å². The maximum Gasteiger partial charge on any atom is 0.163 e. The normalized spacial score (nSPS) is 18.9. The van der Waals surface area contributed by atoms with E-state index in [0.717, 1.165) is 27.6 Å². The third-order valence-electron chi connectivity index (χ3n) is 9.06. The lowest BCUT2D eigenvalue weighted by Gasteiger charge is -2.42. The Morgan fingerprint density at radius 3 is 1.84 bits per heavy atom. The average molecular weight is 677 g/mol. The zero-order valence-electron chi connectivity index (χ0n) is 29.0. The van der Waals surface area contributed by atoms with Gasteiger partial charge in [-0.3, -0.25) is 4.79 Å². The quantitative estimate of drug-likeness (QED) is 0.103. The lowest BCUT2D eigenvalue weighted by atomic mass is 9.90. The van der Waals surface area contributed by atoms with Gasteiger partial charge >= 0.3 is 0 Å². The first-order valence-electron chi connectivity index (χ1n) is 16.8. The number of ketones is 1. The Bertz CT molecular complexity index is 1840. The molecule has 50 heavy (non-hydrogen) atoms. The molecule has 1 aliphatic heterocycles. The molecule has 0 spiro atoms. The number of fused-ring (bicyclic) bond motifs is 1. The van der Waals surface area contributed by atoms with Crippen LogP contribution in [0.3, 0.4) is 0 Å². The summed E-state index contributed by atoms with van der Waals surface area (Å²) in [7, 11) is 4.75. The van der Waals surface area contributed by atoms with Crippen LogP contribution in [0.4, 0.5) is 0 Å². The topological polar surface area (TPSA) is 81.7 Å². The number of carbonyl (C=O) groups excluding carboxylic acids is 1. The largest absolute Gasteiger partial charge is 0.496 e. The highest BCUT2D eigenvalue weighted by Gasteiger charge is 2.42. The van der Waals surface area contributed by atoms with Crippen molar-refractivity contribution in [2.24, 2.45) is 0 Å². The summed E-state index contributed by atoms with van der Waals surface area (Å²) in [4.78, 5) is 12.8. The molecule has 0 radical (unpaired) electrons. The smallest absolute Gasteiger partial charge is 0.163 e. The van der Waals surface area contributed by atoms with Crippen LogP contribution >= 0.6 is 0 Å². The van der Waals surface area contributed by atoms with Crippen molar-refractivity contribution >= 4 is 16.6 Å². The molecule has 0 aromatic heterocycles. The second-order valence-corrected chi connectivity index (χ2v) is 12.3. The minimum absolute atomic E-state index is 0.146. The fourth-order valence-corrected chi connectivity index (χ4v) is 6.61. The Hall–Kier alpha value is -4.73. The molecule has 5 aromatic rings. The van der Waals surface area contributed by atoms with E-state index in [4.69, 9.17) is 33.2 Å². The highest BCUT2D eigenvalue weighted by molar-refractivity contribution is 6.08. The van der Waals surface area contributed by atoms with Gasteiger partial charge in [0.1, 0.15) is 29.5 Å². The molecule has 6 rings (SSSR count). The number of rotatable bonds is 15. The van der Waals surface area contributed by atoms with E-state index in [1.54, 1.807) is 27.4 Å². The van der Waals surface area contributed by atoms with Crippen LogP contribution < -0.4 is 14.2 Å². The van der Waals surface area contributed by atoms with Gasteiger partial charge in [0, 0.05) is 17.4 Å². The molecular formula is C42H44O8. The van der Waals surface area contributed by atoms with Gasteiger partial charge in [0.2, 0.25) is 0 Å². The van der Waals surface area contributed by atoms with Gasteiger partial charge in [0.25, 0.3) is 0 Å². The van der Waals surface area contributed by atoms with Crippen molar-refractivity contribution in [2.75, 3.05) is 27.9 Å². The second-order valence-electron chi connectivity index (χ2n) is 12.3. The fourth-order valence-electron chi connectivity index (χ4n) is 6.61. The van der Waals surface area contributed by atoms with Crippen LogP contribution in [0.25, 0.3) is 10.8 Å². The summed E-state index contributed by atoms with van der Waals surface area (Å²) in [6.45, 7) is 3.01. The van der Waals surface area contributed by atoms with Crippen LogP contribution in [0.1, 0.15) is 52.1 Å². The molecule has 0 unspecified atom stereocenters. The van der Waals surface area contributed by atoms with Gasteiger partial charge in [0.05, 0.1) is 70.9 Å². The van der Waals surface area contributed by atoms with E-state index in [9.17, 15) is 4.79 Å². The molecule has 1 heterocycles. The number of ether oxygens (including phenoxy) is 7. The van der Waals surface area contributed by atoms with Crippen molar-refractivity contribution in [1.29, 1.82) is 0 Å². The molecule has 0 aliphatic carbocycles. The van der Waals surface area contributed by atoms with E-state index >= 15 is 0 Å². The molecule has 260 valence electrons. The molecular weight excluding hydrogens is 632 g/mol. The Morgan fingerprint density at radius 2 is 1.28 bits per heavy atom. The van der Waals surface area contributed by atoms with Crippen LogP contribution in [-0.2, 0) is 38.8 Å². The van der Waals surface area contributed by atoms with Crippen molar-refractivity contribution in [3.05, 3.63) is 137 Å². The van der Waals surface area contributed by atoms with E-state index < -0.39 is 18.3 Å². The zero-order valence-corrected chi connectivity index (χ0v) is 29.0. The van der Waals surface area contributed by atoms with Crippen molar-refractivity contribution in [1.82, 2.24) is 0 Å². The summed E-state index contributed by atoms with van der Waals surface area (Å²) in [6, 6.07) is 35.9. The predicted octanol–water partition coefficient (Wildman–Crippen LogP) is 8.29. The van der Waals surface area contributed by atoms with Gasteiger partial charge < -0.3 is 33.2 Å². The van der Waals surface area contributed by atoms with E-state index in [2.05, 4.69) is 12.1 Å². The predicted molar refractivity (Wildman–Crippen MR) is 192 cm³/mol. The molecule has 1 aliphatic rings. The highest BCUT2D eigenvalue weighted by Crippen LogP contribution is 2.48. The summed E-state index contributed by atoms with van der Waals surface area (Å²) in [5.41, 5.74) is 4.38. The van der Waals surface area contributed by atoms with Crippen LogP contribution in [0.2, 0.25) is 0 Å². The maximum absolute atomic E-state index is 12.8. The summed E-state index contributed by atoms with van der Waals surface area (Å²) in [5, 5.41) is 1.40. The minimum atomic E-state index is -0.484. The maximum atomic E-state index is 12.8. The fraction of sp³-hybridized carbons (Fsp3) is 0.310. The Labute approximate surface area is 293 Å². The van der Waals surface area contributed by atoms with Gasteiger partial charge in [0.15, 0.2) is 5.78 Å². The Kier molecular flexibility index (Phi) is 11.8. The lowest BCUT2D eigenvalue weighted by Crippen LogP contribution is -2.50. The van der Waals surface area contributed by atoms with E-state index in [1.165, 1.54) is 6.92 Å². The monoisotopic (exact) mass is 676 g/mol. The van der Waals surface area contributed by atoms with Crippen molar-refractivity contribution in [3.63, 3.8) is 0 Å². The summed E-state index contributed by atoms with van der Waals surface area (Å²) in [5.74, 6) is 1.37. The first-order chi connectivity index (χ1) is 24.5. The summed E-state index contributed by atoms with van der Waals surface area (Å²) < 4.78 is 44.3. The Morgan fingerprint density at radius 1 is 0.700 bits per heavy atom. The van der Waals surface area contributed by atoms with Crippen LogP contribution in [0.15, 0.2) is 109 Å². The van der Waals surface area contributed by atoms with E-state index in [1.807, 2.05) is 91.0 Å². The number of hydrogen-bond acceptors (Lipinski definition) is 8. The molecule has 1 saturated heterocycles. The third-order valence-corrected chi connectivity index (χ3v) is 9.06. The van der Waals surface area contributed by atoms with Crippen molar-refractivity contribution in [3.8, 4) is 17.2 Å². The Balaban J connectivity index is 1.39. The summed E-state index contributed by atoms with van der Waals surface area (Å²) in [6.07, 6.45) is -1.26. The standard InChI is InChI=1S/C42H44O8/c1-28(43)34-22-35(44-2)32-20-21-33(40(45-3)39(32)41(34)46-4)36-23-37(48-25-30-16-10-6-11-17-30)42(49-26-31-18-12-7-13-19-31)38(50-36)27-47-24-29-14-8-5-9-15-29/h5-22,36-38,42H,23-27H2,1-4H3/t36-,37-,38-,42+/m1/s1. The van der Waals surface area contributed by atoms with Crippen molar-refractivity contribution < 1.29 is 38.0 Å². The average Bonchev–Trinajstić information content (AvgIpc) is 3.16. The zero-order chi connectivity index (χ0) is 34.9. The van der Waals surface area contributed by atoms with Gasteiger partial charge in [-0.2, -0.15) is 0 Å². The third kappa shape index (κ3) is 8.01. The van der Waals surface area contributed by atoms with Gasteiger partial charge in [-0.05, 0) is 35.7 Å². The SMILES string of the molecule is COc1cc(C(C)=O)c(OC)c2c(OC)c([C@H]3C[C@@H](OCc4ccccc4)[C@H](OCc4ccccc4)[C@@H](COCc4ccccc4)O3)ccc12. The van der Waals surface area contributed by atoms with Crippen molar-refractivity contribution in [2.45, 2.75) is 57.6 Å². The first-order valence-corrected chi connectivity index (χ1v) is 16.8. The molecule has 0 N–H and O–H groups in total. The second kappa shape index (κ2) is 16.8. The molecule has 1 fully saturated rings.